The fourth-order valence-electron chi connectivity index (χ4n) is 2.98. The molecule has 1 fully saturated rings. The Balaban J connectivity index is 1.54. The van der Waals surface area contributed by atoms with Crippen molar-refractivity contribution < 1.29 is 0 Å². The Kier molecular flexibility index (Phi) is 5.68. The Bertz CT molecular complexity index is 623. The van der Waals surface area contributed by atoms with Crippen LogP contribution in [0, 0.1) is 6.92 Å². The third-order valence-corrected chi connectivity index (χ3v) is 4.41. The van der Waals surface area contributed by atoms with Crippen LogP contribution >= 0.6 is 0 Å². The fourth-order valence-corrected chi connectivity index (χ4v) is 2.98. The summed E-state index contributed by atoms with van der Waals surface area (Å²) in [4.78, 5) is 2.30. The summed E-state index contributed by atoms with van der Waals surface area (Å²) in [6.07, 6.45) is 4.55. The molecule has 1 aliphatic heterocycles. The molecule has 0 aromatic carbocycles. The normalized spacial score (nSPS) is 18.1. The number of nitrogens with zero attached hydrogens (tertiary/aromatic N) is 7. The quantitative estimate of drug-likeness (QED) is 0.820. The molecule has 3 heterocycles. The summed E-state index contributed by atoms with van der Waals surface area (Å²) in [5.74, 6) is 1.87. The first-order valence-corrected chi connectivity index (χ1v) is 8.80. The zero-order valence-corrected chi connectivity index (χ0v) is 14.5. The molecule has 3 rings (SSSR count). The van der Waals surface area contributed by atoms with Crippen molar-refractivity contribution in [2.75, 3.05) is 18.0 Å². The van der Waals surface area contributed by atoms with E-state index >= 15 is 0 Å². The third-order valence-electron chi connectivity index (χ3n) is 4.41. The molecule has 1 aliphatic rings. The molecule has 8 heteroatoms. The highest BCUT2D eigenvalue weighted by molar-refractivity contribution is 5.38. The Hall–Kier alpha value is -2.09. The Morgan fingerprint density at radius 2 is 2.17 bits per heavy atom. The van der Waals surface area contributed by atoms with Crippen LogP contribution in [0.15, 0.2) is 12.1 Å². The number of nitrogens with one attached hydrogen (secondary N) is 1. The summed E-state index contributed by atoms with van der Waals surface area (Å²) >= 11 is 0. The van der Waals surface area contributed by atoms with E-state index in [9.17, 15) is 0 Å². The van der Waals surface area contributed by atoms with Gasteiger partial charge in [0.25, 0.3) is 0 Å². The van der Waals surface area contributed by atoms with Crippen molar-refractivity contribution >= 4 is 5.82 Å². The standard InChI is InChI=1S/C16H26N8/c1-3-4-10-24-16(20-21-22-24)11-17-14-6-5-9-23(12-14)15-8-7-13(2)18-19-15/h7-8,14,17H,3-6,9-12H2,1-2H3/t14-/m0/s1. The van der Waals surface area contributed by atoms with Gasteiger partial charge in [-0.25, -0.2) is 4.68 Å². The smallest absolute Gasteiger partial charge is 0.165 e. The number of hydrogen-bond acceptors (Lipinski definition) is 7. The van der Waals surface area contributed by atoms with Crippen molar-refractivity contribution in [1.82, 2.24) is 35.7 Å². The number of hydrogen-bond donors (Lipinski definition) is 1. The minimum Gasteiger partial charge on any atom is -0.354 e. The van der Waals surface area contributed by atoms with Crippen LogP contribution in [-0.4, -0.2) is 49.5 Å². The summed E-state index contributed by atoms with van der Waals surface area (Å²) in [7, 11) is 0. The molecule has 0 radical (unpaired) electrons. The summed E-state index contributed by atoms with van der Waals surface area (Å²) in [5.41, 5.74) is 0.948. The first-order valence-electron chi connectivity index (χ1n) is 8.80. The number of unbranched alkanes of at least 4 members (excludes halogenated alkanes) is 1. The van der Waals surface area contributed by atoms with Crippen LogP contribution in [0.5, 0.6) is 0 Å². The van der Waals surface area contributed by atoms with E-state index in [4.69, 9.17) is 0 Å². The second kappa shape index (κ2) is 8.14. The van der Waals surface area contributed by atoms with Crippen molar-refractivity contribution in [1.29, 1.82) is 0 Å². The first-order chi connectivity index (χ1) is 11.8. The van der Waals surface area contributed by atoms with Gasteiger partial charge in [-0.05, 0) is 48.7 Å². The van der Waals surface area contributed by atoms with Gasteiger partial charge in [0.15, 0.2) is 11.6 Å². The molecule has 130 valence electrons. The van der Waals surface area contributed by atoms with Gasteiger partial charge in [0.05, 0.1) is 12.2 Å². The number of aromatic nitrogens is 6. The fraction of sp³-hybridized carbons (Fsp3) is 0.688. The second-order valence-corrected chi connectivity index (χ2v) is 6.37. The molecule has 24 heavy (non-hydrogen) atoms. The molecule has 8 nitrogen and oxygen atoms in total. The summed E-state index contributed by atoms with van der Waals surface area (Å²) in [6.45, 7) is 7.69. The van der Waals surface area contributed by atoms with Crippen LogP contribution in [0.25, 0.3) is 0 Å². The lowest BCUT2D eigenvalue weighted by Gasteiger charge is -2.33. The summed E-state index contributed by atoms with van der Waals surface area (Å²) in [5, 5.41) is 24.1. The van der Waals surface area contributed by atoms with E-state index in [1.807, 2.05) is 17.7 Å². The summed E-state index contributed by atoms with van der Waals surface area (Å²) in [6, 6.07) is 4.48. The highest BCUT2D eigenvalue weighted by atomic mass is 15.5. The number of anilines is 1. The average molecular weight is 330 g/mol. The maximum absolute atomic E-state index is 4.31. The SMILES string of the molecule is CCCCn1nnnc1CN[C@H]1CCCN(c2ccc(C)nn2)C1. The van der Waals surface area contributed by atoms with Gasteiger partial charge in [-0.1, -0.05) is 13.3 Å². The lowest BCUT2D eigenvalue weighted by atomic mass is 10.1. The van der Waals surface area contributed by atoms with Gasteiger partial charge >= 0.3 is 0 Å². The highest BCUT2D eigenvalue weighted by Crippen LogP contribution is 2.17. The number of tetrazole rings is 1. The van der Waals surface area contributed by atoms with Crippen LogP contribution in [0.4, 0.5) is 5.82 Å². The van der Waals surface area contributed by atoms with Crippen LogP contribution < -0.4 is 10.2 Å². The van der Waals surface area contributed by atoms with E-state index in [0.29, 0.717) is 12.6 Å². The largest absolute Gasteiger partial charge is 0.354 e. The van der Waals surface area contributed by atoms with E-state index < -0.39 is 0 Å². The molecule has 2 aromatic rings. The molecule has 1 N–H and O–H groups in total. The van der Waals surface area contributed by atoms with E-state index in [1.54, 1.807) is 0 Å². The van der Waals surface area contributed by atoms with Crippen LogP contribution in [0.2, 0.25) is 0 Å². The van der Waals surface area contributed by atoms with Gasteiger partial charge in [-0.3, -0.25) is 0 Å². The van der Waals surface area contributed by atoms with E-state index in [-0.39, 0.29) is 0 Å². The van der Waals surface area contributed by atoms with Crippen molar-refractivity contribution in [2.45, 2.75) is 58.7 Å². The zero-order chi connectivity index (χ0) is 16.8. The van der Waals surface area contributed by atoms with Crippen molar-refractivity contribution in [2.24, 2.45) is 0 Å². The molecule has 0 bridgehead atoms. The van der Waals surface area contributed by atoms with Crippen molar-refractivity contribution in [3.8, 4) is 0 Å². The predicted octanol–water partition coefficient (Wildman–Crippen LogP) is 1.33. The van der Waals surface area contributed by atoms with E-state index in [0.717, 1.165) is 62.7 Å². The molecular weight excluding hydrogens is 304 g/mol. The van der Waals surface area contributed by atoms with Gasteiger partial charge in [-0.2, -0.15) is 5.10 Å². The third kappa shape index (κ3) is 4.25. The van der Waals surface area contributed by atoms with Gasteiger partial charge in [-0.15, -0.1) is 10.2 Å². The van der Waals surface area contributed by atoms with E-state index in [2.05, 4.69) is 48.9 Å². The molecule has 1 saturated heterocycles. The minimum absolute atomic E-state index is 0.415. The van der Waals surface area contributed by atoms with Gasteiger partial charge in [0.2, 0.25) is 0 Å². The van der Waals surface area contributed by atoms with Crippen LogP contribution in [0.1, 0.15) is 44.1 Å². The molecule has 2 aromatic heterocycles. The Morgan fingerprint density at radius 1 is 1.25 bits per heavy atom. The maximum Gasteiger partial charge on any atom is 0.165 e. The number of piperidine rings is 1. The number of rotatable bonds is 7. The molecule has 0 amide bonds. The molecule has 1 atom stereocenters. The first kappa shape index (κ1) is 16.8. The molecule has 0 aliphatic carbocycles. The maximum atomic E-state index is 4.31. The second-order valence-electron chi connectivity index (χ2n) is 6.37. The summed E-state index contributed by atoms with van der Waals surface area (Å²) < 4.78 is 1.91. The topological polar surface area (TPSA) is 84.7 Å². The van der Waals surface area contributed by atoms with Crippen LogP contribution in [-0.2, 0) is 13.1 Å². The molecular formula is C16H26N8. The molecule has 0 unspecified atom stereocenters. The highest BCUT2D eigenvalue weighted by Gasteiger charge is 2.21. The molecule has 0 spiro atoms. The van der Waals surface area contributed by atoms with Gasteiger partial charge < -0.3 is 10.2 Å². The monoisotopic (exact) mass is 330 g/mol. The zero-order valence-electron chi connectivity index (χ0n) is 14.5. The Labute approximate surface area is 142 Å². The lowest BCUT2D eigenvalue weighted by Crippen LogP contribution is -2.46. The molecule has 0 saturated carbocycles. The minimum atomic E-state index is 0.415. The number of aryl methyl sites for hydroxylation is 2. The van der Waals surface area contributed by atoms with E-state index in [1.165, 1.54) is 0 Å². The Morgan fingerprint density at radius 3 is 2.96 bits per heavy atom. The van der Waals surface area contributed by atoms with Crippen molar-refractivity contribution in [3.05, 3.63) is 23.7 Å². The van der Waals surface area contributed by atoms with Crippen molar-refractivity contribution in [3.63, 3.8) is 0 Å². The van der Waals surface area contributed by atoms with Crippen LogP contribution in [0.3, 0.4) is 0 Å². The lowest BCUT2D eigenvalue weighted by molar-refractivity contribution is 0.407. The van der Waals surface area contributed by atoms with Gasteiger partial charge in [0.1, 0.15) is 0 Å². The van der Waals surface area contributed by atoms with Gasteiger partial charge in [0, 0.05) is 25.7 Å². The predicted molar refractivity (Wildman–Crippen MR) is 91.6 cm³/mol. The average Bonchev–Trinajstić information content (AvgIpc) is 3.06.